The first-order valence-corrected chi connectivity index (χ1v) is 7.79. The minimum atomic E-state index is -0.0464. The number of carbonyl (C=O) groups is 1. The van der Waals surface area contributed by atoms with Crippen LogP contribution < -0.4 is 4.90 Å². The number of anilines is 1. The van der Waals surface area contributed by atoms with Crippen LogP contribution in [0.15, 0.2) is 12.1 Å². The summed E-state index contributed by atoms with van der Waals surface area (Å²) in [5.74, 6) is 0.816. The van der Waals surface area contributed by atoms with E-state index in [1.807, 2.05) is 19.9 Å². The molecule has 6 heteroatoms. The van der Waals surface area contributed by atoms with Crippen LogP contribution >= 0.6 is 0 Å². The summed E-state index contributed by atoms with van der Waals surface area (Å²) in [6, 6.07) is 3.69. The molecule has 0 aliphatic carbocycles. The molecule has 0 aromatic carbocycles. The van der Waals surface area contributed by atoms with Crippen molar-refractivity contribution in [2.75, 3.05) is 50.7 Å². The minimum Gasteiger partial charge on any atom is -0.353 e. The van der Waals surface area contributed by atoms with Crippen molar-refractivity contribution in [1.29, 1.82) is 0 Å². The van der Waals surface area contributed by atoms with Crippen molar-refractivity contribution in [3.8, 4) is 0 Å². The number of hydrogen-bond donors (Lipinski definition) is 0. The largest absolute Gasteiger partial charge is 0.353 e. The van der Waals surface area contributed by atoms with Crippen LogP contribution in [-0.2, 0) is 0 Å². The predicted molar refractivity (Wildman–Crippen MR) is 83.6 cm³/mol. The Kier molecular flexibility index (Phi) is 5.50. The maximum Gasteiger partial charge on any atom is 0.274 e. The summed E-state index contributed by atoms with van der Waals surface area (Å²) >= 11 is 0. The lowest BCUT2D eigenvalue weighted by Crippen LogP contribution is -2.46. The number of hydrogen-bond acceptors (Lipinski definition) is 5. The zero-order valence-electron chi connectivity index (χ0n) is 13.2. The first kappa shape index (κ1) is 15.7. The van der Waals surface area contributed by atoms with Gasteiger partial charge in [-0.05, 0) is 32.5 Å². The van der Waals surface area contributed by atoms with Crippen molar-refractivity contribution in [2.45, 2.75) is 20.8 Å². The van der Waals surface area contributed by atoms with Crippen molar-refractivity contribution < 1.29 is 4.79 Å². The lowest BCUT2D eigenvalue weighted by Gasteiger charge is -2.34. The zero-order valence-corrected chi connectivity index (χ0v) is 13.2. The van der Waals surface area contributed by atoms with Gasteiger partial charge in [-0.1, -0.05) is 6.92 Å². The number of carbonyl (C=O) groups excluding carboxylic acids is 1. The number of likely N-dealkylation sites (N-methyl/N-ethyl adjacent to an activating group) is 1. The molecule has 1 aromatic heterocycles. The average Bonchev–Trinajstić information content (AvgIpc) is 2.56. The van der Waals surface area contributed by atoms with Gasteiger partial charge >= 0.3 is 0 Å². The predicted octanol–water partition coefficient (Wildman–Crippen LogP) is 1.10. The highest BCUT2D eigenvalue weighted by Gasteiger charge is 2.19. The summed E-state index contributed by atoms with van der Waals surface area (Å²) in [4.78, 5) is 18.6. The van der Waals surface area contributed by atoms with E-state index < -0.39 is 0 Å². The second-order valence-electron chi connectivity index (χ2n) is 5.18. The van der Waals surface area contributed by atoms with Crippen LogP contribution in [0.4, 0.5) is 5.82 Å². The number of piperazine rings is 1. The Morgan fingerprint density at radius 2 is 1.76 bits per heavy atom. The Bertz CT molecular complexity index is 450. The third-order valence-corrected chi connectivity index (χ3v) is 4.06. The van der Waals surface area contributed by atoms with Gasteiger partial charge in [-0.2, -0.15) is 0 Å². The standard InChI is InChI=1S/C15H25N5O/c1-4-18-9-11-20(12-10-18)14-8-7-13(16-17-14)15(21)19(5-2)6-3/h7-8H,4-6,9-12H2,1-3H3. The van der Waals surface area contributed by atoms with E-state index in [4.69, 9.17) is 0 Å². The van der Waals surface area contributed by atoms with Crippen molar-refractivity contribution in [2.24, 2.45) is 0 Å². The fourth-order valence-electron chi connectivity index (χ4n) is 2.57. The molecule has 2 heterocycles. The van der Waals surface area contributed by atoms with Crippen LogP contribution in [0.2, 0.25) is 0 Å². The molecule has 116 valence electrons. The third kappa shape index (κ3) is 3.69. The molecule has 0 saturated carbocycles. The summed E-state index contributed by atoms with van der Waals surface area (Å²) in [5.41, 5.74) is 0.426. The fraction of sp³-hybridized carbons (Fsp3) is 0.667. The first-order valence-electron chi connectivity index (χ1n) is 7.79. The quantitative estimate of drug-likeness (QED) is 0.813. The molecule has 2 rings (SSSR count). The molecule has 0 radical (unpaired) electrons. The number of amides is 1. The lowest BCUT2D eigenvalue weighted by molar-refractivity contribution is 0.0766. The Hall–Kier alpha value is -1.69. The third-order valence-electron chi connectivity index (χ3n) is 4.06. The van der Waals surface area contributed by atoms with E-state index in [0.29, 0.717) is 18.8 Å². The molecule has 0 N–H and O–H groups in total. The number of nitrogens with zero attached hydrogens (tertiary/aromatic N) is 5. The van der Waals surface area contributed by atoms with Crippen molar-refractivity contribution in [3.63, 3.8) is 0 Å². The normalized spacial score (nSPS) is 16.0. The van der Waals surface area contributed by atoms with Crippen molar-refractivity contribution in [3.05, 3.63) is 17.8 Å². The highest BCUT2D eigenvalue weighted by atomic mass is 16.2. The van der Waals surface area contributed by atoms with E-state index in [1.165, 1.54) is 0 Å². The van der Waals surface area contributed by atoms with E-state index in [0.717, 1.165) is 38.5 Å². The summed E-state index contributed by atoms with van der Waals surface area (Å²) in [7, 11) is 0. The SMILES string of the molecule is CCN1CCN(c2ccc(C(=O)N(CC)CC)nn2)CC1. The zero-order chi connectivity index (χ0) is 15.2. The molecule has 1 aromatic rings. The summed E-state index contributed by atoms with van der Waals surface area (Å²) in [5, 5.41) is 8.35. The van der Waals surface area contributed by atoms with Gasteiger partial charge < -0.3 is 14.7 Å². The van der Waals surface area contributed by atoms with Crippen LogP contribution in [0.1, 0.15) is 31.3 Å². The molecular weight excluding hydrogens is 266 g/mol. The van der Waals surface area contributed by atoms with Crippen LogP contribution in [0.3, 0.4) is 0 Å². The van der Waals surface area contributed by atoms with Crippen LogP contribution in [0.5, 0.6) is 0 Å². The van der Waals surface area contributed by atoms with Gasteiger partial charge in [0.2, 0.25) is 0 Å². The molecule has 1 saturated heterocycles. The molecule has 6 nitrogen and oxygen atoms in total. The molecule has 0 unspecified atom stereocenters. The van der Waals surface area contributed by atoms with E-state index >= 15 is 0 Å². The molecule has 0 spiro atoms. The Labute approximate surface area is 126 Å². The van der Waals surface area contributed by atoms with Gasteiger partial charge in [0.25, 0.3) is 5.91 Å². The first-order chi connectivity index (χ1) is 10.2. The molecule has 21 heavy (non-hydrogen) atoms. The fourth-order valence-corrected chi connectivity index (χ4v) is 2.57. The van der Waals surface area contributed by atoms with E-state index in [9.17, 15) is 4.79 Å². The van der Waals surface area contributed by atoms with Crippen LogP contribution in [0, 0.1) is 0 Å². The van der Waals surface area contributed by atoms with Gasteiger partial charge in [0.15, 0.2) is 11.5 Å². The second kappa shape index (κ2) is 7.36. The minimum absolute atomic E-state index is 0.0464. The van der Waals surface area contributed by atoms with Gasteiger partial charge in [-0.25, -0.2) is 0 Å². The Balaban J connectivity index is 2.01. The summed E-state index contributed by atoms with van der Waals surface area (Å²) < 4.78 is 0. The van der Waals surface area contributed by atoms with Crippen LogP contribution in [-0.4, -0.2) is 71.7 Å². The van der Waals surface area contributed by atoms with Gasteiger partial charge in [-0.15, -0.1) is 10.2 Å². The molecule has 0 bridgehead atoms. The molecule has 1 aliphatic heterocycles. The molecule has 1 aliphatic rings. The van der Waals surface area contributed by atoms with Gasteiger partial charge in [-0.3, -0.25) is 4.79 Å². The maximum absolute atomic E-state index is 12.2. The smallest absolute Gasteiger partial charge is 0.274 e. The Morgan fingerprint density at radius 3 is 2.24 bits per heavy atom. The van der Waals surface area contributed by atoms with Gasteiger partial charge in [0.1, 0.15) is 0 Å². The topological polar surface area (TPSA) is 52.6 Å². The number of rotatable bonds is 5. The number of aromatic nitrogens is 2. The van der Waals surface area contributed by atoms with Crippen molar-refractivity contribution >= 4 is 11.7 Å². The second-order valence-corrected chi connectivity index (χ2v) is 5.18. The van der Waals surface area contributed by atoms with Crippen LogP contribution in [0.25, 0.3) is 0 Å². The lowest BCUT2D eigenvalue weighted by atomic mass is 10.3. The molecule has 0 atom stereocenters. The summed E-state index contributed by atoms with van der Waals surface area (Å²) in [6.07, 6.45) is 0. The van der Waals surface area contributed by atoms with E-state index in [1.54, 1.807) is 11.0 Å². The molecule has 1 amide bonds. The average molecular weight is 291 g/mol. The molecular formula is C15H25N5O. The highest BCUT2D eigenvalue weighted by Crippen LogP contribution is 2.13. The molecule has 1 fully saturated rings. The van der Waals surface area contributed by atoms with Crippen molar-refractivity contribution in [1.82, 2.24) is 20.0 Å². The van der Waals surface area contributed by atoms with E-state index in [-0.39, 0.29) is 5.91 Å². The monoisotopic (exact) mass is 291 g/mol. The maximum atomic E-state index is 12.2. The Morgan fingerprint density at radius 1 is 1.10 bits per heavy atom. The highest BCUT2D eigenvalue weighted by molar-refractivity contribution is 5.92. The van der Waals surface area contributed by atoms with Gasteiger partial charge in [0, 0.05) is 39.3 Å². The van der Waals surface area contributed by atoms with Gasteiger partial charge in [0.05, 0.1) is 0 Å². The van der Waals surface area contributed by atoms with E-state index in [2.05, 4.69) is 26.9 Å². The summed E-state index contributed by atoms with van der Waals surface area (Å²) in [6.45, 7) is 12.6.